The van der Waals surface area contributed by atoms with E-state index in [-0.39, 0.29) is 13.0 Å². The Morgan fingerprint density at radius 3 is 2.00 bits per heavy atom. The standard InChI is InChI=1S/C25H19F3O5/c26-25(27,28)19-5-7-20(8-6-19)31-13-16-1-3-17(4-2-16)14-32-21-9-10-22-18(11-24(29)30)15-33-23(22)12-21/h1-10,12,15H,11,13-14H2,(H,29,30). The third-order valence-corrected chi connectivity index (χ3v) is 4.98. The molecule has 0 atom stereocenters. The van der Waals surface area contributed by atoms with Crippen LogP contribution < -0.4 is 9.47 Å². The molecule has 0 unspecified atom stereocenters. The summed E-state index contributed by atoms with van der Waals surface area (Å²) in [5.74, 6) is 0.0231. The minimum absolute atomic E-state index is 0.109. The van der Waals surface area contributed by atoms with Crippen LogP contribution in [0.4, 0.5) is 13.2 Å². The molecule has 0 bridgehead atoms. The van der Waals surface area contributed by atoms with E-state index >= 15 is 0 Å². The molecule has 0 saturated heterocycles. The van der Waals surface area contributed by atoms with Crippen LogP contribution in [0.1, 0.15) is 22.3 Å². The zero-order chi connectivity index (χ0) is 23.4. The van der Waals surface area contributed by atoms with Gasteiger partial charge in [0, 0.05) is 17.0 Å². The largest absolute Gasteiger partial charge is 0.489 e. The summed E-state index contributed by atoms with van der Waals surface area (Å²) in [6.07, 6.45) is -3.04. The summed E-state index contributed by atoms with van der Waals surface area (Å²) in [5.41, 5.74) is 2.23. The van der Waals surface area contributed by atoms with E-state index in [1.54, 1.807) is 18.2 Å². The number of furan rings is 1. The van der Waals surface area contributed by atoms with Crippen molar-refractivity contribution in [3.8, 4) is 11.5 Å². The Morgan fingerprint density at radius 1 is 0.848 bits per heavy atom. The Morgan fingerprint density at radius 2 is 1.42 bits per heavy atom. The Bertz CT molecular complexity index is 1240. The van der Waals surface area contributed by atoms with Crippen LogP contribution in [0.2, 0.25) is 0 Å². The van der Waals surface area contributed by atoms with Crippen LogP contribution in [0.25, 0.3) is 11.0 Å². The first-order valence-electron chi connectivity index (χ1n) is 10.0. The number of hydrogen-bond donors (Lipinski definition) is 1. The van der Waals surface area contributed by atoms with Gasteiger partial charge in [0.1, 0.15) is 30.3 Å². The molecular weight excluding hydrogens is 437 g/mol. The van der Waals surface area contributed by atoms with Crippen LogP contribution >= 0.6 is 0 Å². The molecule has 1 N–H and O–H groups in total. The number of ether oxygens (including phenoxy) is 2. The van der Waals surface area contributed by atoms with Crippen molar-refractivity contribution >= 4 is 16.9 Å². The molecule has 3 aromatic carbocycles. The molecule has 0 saturated carbocycles. The van der Waals surface area contributed by atoms with Crippen molar-refractivity contribution in [3.05, 3.63) is 95.2 Å². The predicted octanol–water partition coefficient (Wildman–Crippen LogP) is 6.24. The van der Waals surface area contributed by atoms with Crippen LogP contribution in [-0.4, -0.2) is 11.1 Å². The average Bonchev–Trinajstić information content (AvgIpc) is 3.18. The van der Waals surface area contributed by atoms with E-state index in [0.29, 0.717) is 29.3 Å². The zero-order valence-corrected chi connectivity index (χ0v) is 17.3. The molecule has 0 fully saturated rings. The molecule has 170 valence electrons. The fourth-order valence-electron chi connectivity index (χ4n) is 3.26. The topological polar surface area (TPSA) is 68.9 Å². The highest BCUT2D eigenvalue weighted by atomic mass is 19.4. The van der Waals surface area contributed by atoms with Crippen LogP contribution in [0.5, 0.6) is 11.5 Å². The normalized spacial score (nSPS) is 11.5. The summed E-state index contributed by atoms with van der Waals surface area (Å²) in [5, 5.41) is 9.68. The van der Waals surface area contributed by atoms with E-state index in [4.69, 9.17) is 19.0 Å². The maximum absolute atomic E-state index is 12.6. The number of carboxylic acids is 1. The maximum Gasteiger partial charge on any atom is 0.416 e. The van der Waals surface area contributed by atoms with E-state index in [1.165, 1.54) is 18.4 Å². The van der Waals surface area contributed by atoms with E-state index in [2.05, 4.69) is 0 Å². The zero-order valence-electron chi connectivity index (χ0n) is 17.3. The van der Waals surface area contributed by atoms with Crippen LogP contribution in [0.15, 0.2) is 77.4 Å². The molecule has 0 aliphatic carbocycles. The first kappa shape index (κ1) is 22.3. The SMILES string of the molecule is O=C(O)Cc1coc2cc(OCc3ccc(COc4ccc(C(F)(F)F)cc4)cc3)ccc12. The lowest BCUT2D eigenvalue weighted by Crippen LogP contribution is -2.04. The van der Waals surface area contributed by atoms with Gasteiger partial charge >= 0.3 is 12.1 Å². The van der Waals surface area contributed by atoms with Gasteiger partial charge in [0.25, 0.3) is 0 Å². The van der Waals surface area contributed by atoms with Crippen molar-refractivity contribution in [3.63, 3.8) is 0 Å². The first-order chi connectivity index (χ1) is 15.8. The fraction of sp³-hybridized carbons (Fsp3) is 0.160. The van der Waals surface area contributed by atoms with Gasteiger partial charge in [-0.05, 0) is 47.5 Å². The Labute approximate surface area is 187 Å². The first-order valence-corrected chi connectivity index (χ1v) is 10.0. The van der Waals surface area contributed by atoms with Gasteiger partial charge in [-0.15, -0.1) is 0 Å². The van der Waals surface area contributed by atoms with E-state index in [1.807, 2.05) is 24.3 Å². The third kappa shape index (κ3) is 5.65. The quantitative estimate of drug-likeness (QED) is 0.340. The molecule has 0 aliphatic heterocycles. The molecular formula is C25H19F3O5. The number of alkyl halides is 3. The second-order valence-corrected chi connectivity index (χ2v) is 7.41. The van der Waals surface area contributed by atoms with Gasteiger partial charge in [-0.25, -0.2) is 0 Å². The summed E-state index contributed by atoms with van der Waals surface area (Å²) < 4.78 is 54.6. The van der Waals surface area contributed by atoms with E-state index < -0.39 is 17.7 Å². The van der Waals surface area contributed by atoms with E-state index in [0.717, 1.165) is 28.6 Å². The summed E-state index contributed by atoms with van der Waals surface area (Å²) in [6.45, 7) is 0.536. The van der Waals surface area contributed by atoms with Gasteiger partial charge < -0.3 is 19.0 Å². The minimum Gasteiger partial charge on any atom is -0.489 e. The molecule has 4 aromatic rings. The van der Waals surface area contributed by atoms with Gasteiger partial charge in [-0.2, -0.15) is 13.2 Å². The molecule has 1 heterocycles. The lowest BCUT2D eigenvalue weighted by atomic mass is 10.1. The van der Waals surface area contributed by atoms with Gasteiger partial charge in [-0.1, -0.05) is 24.3 Å². The number of aliphatic carboxylic acids is 1. The predicted molar refractivity (Wildman–Crippen MR) is 114 cm³/mol. The Balaban J connectivity index is 1.31. The molecule has 33 heavy (non-hydrogen) atoms. The third-order valence-electron chi connectivity index (χ3n) is 4.98. The van der Waals surface area contributed by atoms with Crippen molar-refractivity contribution < 1.29 is 37.0 Å². The number of hydrogen-bond acceptors (Lipinski definition) is 4. The smallest absolute Gasteiger partial charge is 0.416 e. The molecule has 0 aliphatic rings. The molecule has 0 spiro atoms. The van der Waals surface area contributed by atoms with Crippen LogP contribution in [0.3, 0.4) is 0 Å². The molecule has 8 heteroatoms. The fourth-order valence-corrected chi connectivity index (χ4v) is 3.26. The van der Waals surface area contributed by atoms with Gasteiger partial charge in [-0.3, -0.25) is 4.79 Å². The lowest BCUT2D eigenvalue weighted by molar-refractivity contribution is -0.138. The van der Waals surface area contributed by atoms with Gasteiger partial charge in [0.2, 0.25) is 0 Å². The highest BCUT2D eigenvalue weighted by Crippen LogP contribution is 2.30. The average molecular weight is 456 g/mol. The number of fused-ring (bicyclic) bond motifs is 1. The van der Waals surface area contributed by atoms with E-state index in [9.17, 15) is 18.0 Å². The summed E-state index contributed by atoms with van der Waals surface area (Å²) >= 11 is 0. The number of carbonyl (C=O) groups is 1. The number of carboxylic acid groups (broad SMARTS) is 1. The molecule has 0 amide bonds. The second-order valence-electron chi connectivity index (χ2n) is 7.41. The Kier molecular flexibility index (Phi) is 6.26. The number of benzene rings is 3. The number of halogens is 3. The van der Waals surface area contributed by atoms with Crippen molar-refractivity contribution in [2.45, 2.75) is 25.8 Å². The highest BCUT2D eigenvalue weighted by molar-refractivity contribution is 5.86. The van der Waals surface area contributed by atoms with Gasteiger partial charge in [0.15, 0.2) is 0 Å². The molecule has 1 aromatic heterocycles. The summed E-state index contributed by atoms with van der Waals surface area (Å²) in [4.78, 5) is 10.9. The number of rotatable bonds is 8. The maximum atomic E-state index is 12.6. The molecule has 4 rings (SSSR count). The van der Waals surface area contributed by atoms with Crippen LogP contribution in [0, 0.1) is 0 Å². The molecule has 5 nitrogen and oxygen atoms in total. The molecule has 0 radical (unpaired) electrons. The second kappa shape index (κ2) is 9.28. The van der Waals surface area contributed by atoms with Crippen molar-refractivity contribution in [1.82, 2.24) is 0 Å². The lowest BCUT2D eigenvalue weighted by Gasteiger charge is -2.10. The van der Waals surface area contributed by atoms with Crippen LogP contribution in [-0.2, 0) is 30.6 Å². The Hall–Kier alpha value is -3.94. The monoisotopic (exact) mass is 456 g/mol. The highest BCUT2D eigenvalue weighted by Gasteiger charge is 2.30. The summed E-state index contributed by atoms with van der Waals surface area (Å²) in [6, 6.07) is 17.3. The minimum atomic E-state index is -4.37. The summed E-state index contributed by atoms with van der Waals surface area (Å²) in [7, 11) is 0. The van der Waals surface area contributed by atoms with Gasteiger partial charge in [0.05, 0.1) is 18.2 Å². The van der Waals surface area contributed by atoms with Crippen molar-refractivity contribution in [2.75, 3.05) is 0 Å². The van der Waals surface area contributed by atoms with Crippen molar-refractivity contribution in [2.24, 2.45) is 0 Å². The van der Waals surface area contributed by atoms with Crippen molar-refractivity contribution in [1.29, 1.82) is 0 Å².